The minimum atomic E-state index is 0.00509. The fourth-order valence-corrected chi connectivity index (χ4v) is 4.39. The Kier molecular flexibility index (Phi) is 13.1. The number of rotatable bonds is 14. The van der Waals surface area contributed by atoms with Crippen LogP contribution in [0.15, 0.2) is 0 Å². The molecule has 0 amide bonds. The van der Waals surface area contributed by atoms with Gasteiger partial charge in [0.15, 0.2) is 0 Å². The third-order valence-electron chi connectivity index (χ3n) is 6.01. The van der Waals surface area contributed by atoms with Crippen LogP contribution in [0.2, 0.25) is 0 Å². The lowest BCUT2D eigenvalue weighted by Gasteiger charge is -2.32. The quantitative estimate of drug-likeness (QED) is 0.333. The molecule has 1 saturated carbocycles. The van der Waals surface area contributed by atoms with Gasteiger partial charge in [0.25, 0.3) is 0 Å². The monoisotopic (exact) mass is 324 g/mol. The molecular weight excluding hydrogens is 280 g/mol. The molecule has 0 bridgehead atoms. The molecule has 1 aliphatic carbocycles. The summed E-state index contributed by atoms with van der Waals surface area (Å²) >= 11 is 0. The van der Waals surface area contributed by atoms with Crippen molar-refractivity contribution in [2.45, 2.75) is 129 Å². The van der Waals surface area contributed by atoms with E-state index in [4.69, 9.17) is 0 Å². The van der Waals surface area contributed by atoms with E-state index in [-0.39, 0.29) is 6.10 Å². The second-order valence-electron chi connectivity index (χ2n) is 8.09. The molecular formula is C22H44O. The van der Waals surface area contributed by atoms with Gasteiger partial charge in [0, 0.05) is 0 Å². The van der Waals surface area contributed by atoms with Crippen LogP contribution >= 0.6 is 0 Å². The average molecular weight is 325 g/mol. The zero-order valence-corrected chi connectivity index (χ0v) is 16.2. The highest BCUT2D eigenvalue weighted by molar-refractivity contribution is 4.78. The molecule has 138 valence electrons. The molecule has 0 radical (unpaired) electrons. The molecule has 0 aromatic heterocycles. The molecule has 1 heteroatoms. The Hall–Kier alpha value is -0.0400. The Morgan fingerprint density at radius 3 is 1.57 bits per heavy atom. The van der Waals surface area contributed by atoms with E-state index >= 15 is 0 Å². The van der Waals surface area contributed by atoms with E-state index in [1.54, 1.807) is 0 Å². The molecule has 0 aliphatic heterocycles. The summed E-state index contributed by atoms with van der Waals surface area (Å²) in [6, 6.07) is 0. The maximum atomic E-state index is 9.78. The zero-order valence-electron chi connectivity index (χ0n) is 16.2. The van der Waals surface area contributed by atoms with E-state index in [0.717, 1.165) is 24.7 Å². The molecule has 0 heterocycles. The van der Waals surface area contributed by atoms with Gasteiger partial charge in [-0.2, -0.15) is 0 Å². The van der Waals surface area contributed by atoms with E-state index < -0.39 is 0 Å². The third kappa shape index (κ3) is 10.4. The van der Waals surface area contributed by atoms with Gasteiger partial charge in [-0.05, 0) is 37.5 Å². The van der Waals surface area contributed by atoms with E-state index in [0.29, 0.717) is 0 Å². The summed E-state index contributed by atoms with van der Waals surface area (Å²) in [5, 5.41) is 9.78. The Morgan fingerprint density at radius 1 is 0.652 bits per heavy atom. The molecule has 1 unspecified atom stereocenters. The maximum Gasteiger partial charge on any atom is 0.0540 e. The summed E-state index contributed by atoms with van der Waals surface area (Å²) < 4.78 is 0. The molecule has 0 aromatic carbocycles. The average Bonchev–Trinajstić information content (AvgIpc) is 2.57. The highest BCUT2D eigenvalue weighted by Gasteiger charge is 2.26. The van der Waals surface area contributed by atoms with E-state index in [1.165, 1.54) is 96.3 Å². The van der Waals surface area contributed by atoms with Crippen molar-refractivity contribution in [1.29, 1.82) is 0 Å². The van der Waals surface area contributed by atoms with E-state index in [9.17, 15) is 5.11 Å². The maximum absolute atomic E-state index is 9.78. The van der Waals surface area contributed by atoms with Crippen molar-refractivity contribution in [3.05, 3.63) is 0 Å². The summed E-state index contributed by atoms with van der Waals surface area (Å²) in [6.45, 7) is 4.60. The molecule has 0 aromatic rings. The topological polar surface area (TPSA) is 20.2 Å². The van der Waals surface area contributed by atoms with Gasteiger partial charge in [0.2, 0.25) is 0 Å². The highest BCUT2D eigenvalue weighted by atomic mass is 16.3. The lowest BCUT2D eigenvalue weighted by atomic mass is 9.75. The molecule has 1 N–H and O–H groups in total. The Morgan fingerprint density at radius 2 is 1.09 bits per heavy atom. The molecule has 0 spiro atoms. The second kappa shape index (κ2) is 14.3. The van der Waals surface area contributed by atoms with Crippen molar-refractivity contribution in [1.82, 2.24) is 0 Å². The predicted octanol–water partition coefficient (Wildman–Crippen LogP) is 7.26. The SMILES string of the molecule is CCCCCCCCC(CCCCCCC)[C@H]1CC[C@H](O)CC1. The third-order valence-corrected chi connectivity index (χ3v) is 6.01. The number of unbranched alkanes of at least 4 members (excludes halogenated alkanes) is 9. The number of aliphatic hydroxyl groups excluding tert-OH is 1. The van der Waals surface area contributed by atoms with Gasteiger partial charge < -0.3 is 5.11 Å². The van der Waals surface area contributed by atoms with Crippen molar-refractivity contribution in [3.8, 4) is 0 Å². The predicted molar refractivity (Wildman–Crippen MR) is 103 cm³/mol. The fourth-order valence-electron chi connectivity index (χ4n) is 4.39. The van der Waals surface area contributed by atoms with Crippen molar-refractivity contribution in [2.75, 3.05) is 0 Å². The van der Waals surface area contributed by atoms with Crippen LogP contribution in [0.3, 0.4) is 0 Å². The molecule has 1 rings (SSSR count). The van der Waals surface area contributed by atoms with Gasteiger partial charge >= 0.3 is 0 Å². The molecule has 1 nitrogen and oxygen atoms in total. The smallest absolute Gasteiger partial charge is 0.0540 e. The van der Waals surface area contributed by atoms with Gasteiger partial charge in [-0.25, -0.2) is 0 Å². The lowest BCUT2D eigenvalue weighted by molar-refractivity contribution is 0.0858. The second-order valence-corrected chi connectivity index (χ2v) is 8.09. The molecule has 1 aliphatic rings. The summed E-state index contributed by atoms with van der Waals surface area (Å²) in [6.07, 6.45) is 23.3. The van der Waals surface area contributed by atoms with Crippen LogP contribution in [0.1, 0.15) is 123 Å². The van der Waals surface area contributed by atoms with Gasteiger partial charge in [-0.15, -0.1) is 0 Å². The fraction of sp³-hybridized carbons (Fsp3) is 1.00. The van der Waals surface area contributed by atoms with Crippen LogP contribution in [-0.2, 0) is 0 Å². The minimum absolute atomic E-state index is 0.00509. The Bertz CT molecular complexity index is 242. The molecule has 1 fully saturated rings. The summed E-state index contributed by atoms with van der Waals surface area (Å²) in [5.41, 5.74) is 0. The van der Waals surface area contributed by atoms with Crippen LogP contribution < -0.4 is 0 Å². The number of aliphatic hydroxyl groups is 1. The Balaban J connectivity index is 2.23. The zero-order chi connectivity index (χ0) is 16.8. The van der Waals surface area contributed by atoms with Crippen LogP contribution in [0, 0.1) is 11.8 Å². The van der Waals surface area contributed by atoms with Gasteiger partial charge in [-0.3, -0.25) is 0 Å². The number of hydrogen-bond donors (Lipinski definition) is 1. The first-order valence-electron chi connectivity index (χ1n) is 11.0. The van der Waals surface area contributed by atoms with Gasteiger partial charge in [0.1, 0.15) is 0 Å². The molecule has 1 atom stereocenters. The first-order chi connectivity index (χ1) is 11.3. The standard InChI is InChI=1S/C22H44O/c1-3-5-7-9-11-13-15-20(14-12-10-8-6-4-2)21-16-18-22(23)19-17-21/h20-23H,3-19H2,1-2H3/t20?,21-,22-. The highest BCUT2D eigenvalue weighted by Crippen LogP contribution is 2.36. The van der Waals surface area contributed by atoms with E-state index in [2.05, 4.69) is 13.8 Å². The summed E-state index contributed by atoms with van der Waals surface area (Å²) in [5.74, 6) is 1.87. The van der Waals surface area contributed by atoms with Crippen LogP contribution in [0.25, 0.3) is 0 Å². The molecule has 23 heavy (non-hydrogen) atoms. The van der Waals surface area contributed by atoms with Crippen molar-refractivity contribution < 1.29 is 5.11 Å². The number of hydrogen-bond acceptors (Lipinski definition) is 1. The molecule has 0 saturated heterocycles. The first kappa shape index (κ1) is 21.0. The normalized spacial score (nSPS) is 23.1. The van der Waals surface area contributed by atoms with Crippen LogP contribution in [0.4, 0.5) is 0 Å². The van der Waals surface area contributed by atoms with Crippen molar-refractivity contribution >= 4 is 0 Å². The van der Waals surface area contributed by atoms with Crippen LogP contribution in [0.5, 0.6) is 0 Å². The first-order valence-corrected chi connectivity index (χ1v) is 11.0. The van der Waals surface area contributed by atoms with Crippen molar-refractivity contribution in [2.24, 2.45) is 11.8 Å². The summed E-state index contributed by atoms with van der Waals surface area (Å²) in [4.78, 5) is 0. The minimum Gasteiger partial charge on any atom is -0.393 e. The Labute approximate surface area is 146 Å². The summed E-state index contributed by atoms with van der Waals surface area (Å²) in [7, 11) is 0. The van der Waals surface area contributed by atoms with E-state index in [1.807, 2.05) is 0 Å². The van der Waals surface area contributed by atoms with Gasteiger partial charge in [0.05, 0.1) is 6.10 Å². The van der Waals surface area contributed by atoms with Crippen LogP contribution in [-0.4, -0.2) is 11.2 Å². The lowest BCUT2D eigenvalue weighted by Crippen LogP contribution is -2.24. The van der Waals surface area contributed by atoms with Gasteiger partial charge in [-0.1, -0.05) is 97.3 Å². The largest absolute Gasteiger partial charge is 0.393 e. The van der Waals surface area contributed by atoms with Crippen molar-refractivity contribution in [3.63, 3.8) is 0 Å².